The van der Waals surface area contributed by atoms with Crippen molar-refractivity contribution in [3.8, 4) is 0 Å². The number of benzene rings is 1. The van der Waals surface area contributed by atoms with Crippen LogP contribution in [0.4, 0.5) is 0 Å². The van der Waals surface area contributed by atoms with Gasteiger partial charge in [0.2, 0.25) is 5.91 Å². The average Bonchev–Trinajstić information content (AvgIpc) is 3.19. The minimum absolute atomic E-state index is 0.0463. The Kier molecular flexibility index (Phi) is 4.63. The molecule has 1 saturated carbocycles. The van der Waals surface area contributed by atoms with Crippen LogP contribution in [-0.2, 0) is 10.2 Å². The molecule has 3 nitrogen and oxygen atoms in total. The average molecular weight is 326 g/mol. The number of aliphatic hydroxyl groups excluding tert-OH is 1. The van der Waals surface area contributed by atoms with Gasteiger partial charge in [-0.25, -0.2) is 0 Å². The van der Waals surface area contributed by atoms with Crippen molar-refractivity contribution in [3.63, 3.8) is 0 Å². The summed E-state index contributed by atoms with van der Waals surface area (Å²) < 4.78 is 1.02. The maximum atomic E-state index is 12.3. The Labute approximate surface area is 122 Å². The van der Waals surface area contributed by atoms with E-state index in [0.717, 1.165) is 35.7 Å². The van der Waals surface area contributed by atoms with E-state index < -0.39 is 6.10 Å². The van der Waals surface area contributed by atoms with Crippen LogP contribution in [0.5, 0.6) is 0 Å². The highest BCUT2D eigenvalue weighted by Crippen LogP contribution is 2.48. The Morgan fingerprint density at radius 1 is 1.42 bits per heavy atom. The van der Waals surface area contributed by atoms with Gasteiger partial charge in [0.15, 0.2) is 0 Å². The summed E-state index contributed by atoms with van der Waals surface area (Å²) in [5.74, 6) is 0.0463. The predicted octanol–water partition coefficient (Wildman–Crippen LogP) is 2.76. The molecule has 0 saturated heterocycles. The summed E-state index contributed by atoms with van der Waals surface area (Å²) in [6.07, 6.45) is 3.00. The SMILES string of the molecule is CCCC(O)CNC(=O)C1(c2ccc(Br)cc2)CC1. The van der Waals surface area contributed by atoms with Gasteiger partial charge in [0.25, 0.3) is 0 Å². The van der Waals surface area contributed by atoms with Crippen molar-refractivity contribution < 1.29 is 9.90 Å². The second-order valence-electron chi connectivity index (χ2n) is 5.24. The van der Waals surface area contributed by atoms with E-state index in [-0.39, 0.29) is 11.3 Å². The zero-order valence-corrected chi connectivity index (χ0v) is 12.7. The Balaban J connectivity index is 1.96. The topological polar surface area (TPSA) is 49.3 Å². The van der Waals surface area contributed by atoms with Crippen LogP contribution in [0.15, 0.2) is 28.7 Å². The van der Waals surface area contributed by atoms with Crippen LogP contribution in [-0.4, -0.2) is 23.7 Å². The van der Waals surface area contributed by atoms with Crippen LogP contribution < -0.4 is 5.32 Å². The zero-order valence-electron chi connectivity index (χ0n) is 11.2. The number of hydrogen-bond donors (Lipinski definition) is 2. The van der Waals surface area contributed by atoms with Crippen molar-refractivity contribution >= 4 is 21.8 Å². The minimum atomic E-state index is -0.435. The largest absolute Gasteiger partial charge is 0.391 e. The molecule has 1 aromatic rings. The van der Waals surface area contributed by atoms with Gasteiger partial charge in [-0.3, -0.25) is 4.79 Å². The molecule has 19 heavy (non-hydrogen) atoms. The molecule has 0 bridgehead atoms. The number of nitrogens with one attached hydrogen (secondary N) is 1. The Hall–Kier alpha value is -0.870. The van der Waals surface area contributed by atoms with E-state index in [9.17, 15) is 9.90 Å². The molecule has 0 aliphatic heterocycles. The molecule has 0 spiro atoms. The number of rotatable bonds is 6. The fourth-order valence-corrected chi connectivity index (χ4v) is 2.62. The van der Waals surface area contributed by atoms with E-state index in [1.807, 2.05) is 31.2 Å². The summed E-state index contributed by atoms with van der Waals surface area (Å²) in [6.45, 7) is 2.38. The van der Waals surface area contributed by atoms with Crippen molar-refractivity contribution in [1.29, 1.82) is 0 Å². The van der Waals surface area contributed by atoms with E-state index >= 15 is 0 Å². The molecule has 1 amide bonds. The molecule has 0 radical (unpaired) electrons. The van der Waals surface area contributed by atoms with Crippen molar-refractivity contribution in [2.75, 3.05) is 6.54 Å². The first-order valence-electron chi connectivity index (χ1n) is 6.81. The summed E-state index contributed by atoms with van der Waals surface area (Å²) in [4.78, 5) is 12.3. The van der Waals surface area contributed by atoms with Crippen molar-refractivity contribution in [2.45, 2.75) is 44.1 Å². The first kappa shape index (κ1) is 14.5. The molecule has 4 heteroatoms. The van der Waals surface area contributed by atoms with Crippen LogP contribution in [0.3, 0.4) is 0 Å². The van der Waals surface area contributed by atoms with Crippen LogP contribution in [0.1, 0.15) is 38.2 Å². The Morgan fingerprint density at radius 3 is 2.58 bits per heavy atom. The van der Waals surface area contributed by atoms with Gasteiger partial charge >= 0.3 is 0 Å². The molecule has 1 aromatic carbocycles. The molecule has 104 valence electrons. The molecule has 2 N–H and O–H groups in total. The lowest BCUT2D eigenvalue weighted by Gasteiger charge is -2.17. The van der Waals surface area contributed by atoms with Crippen LogP contribution in [0.2, 0.25) is 0 Å². The number of halogens is 1. The van der Waals surface area contributed by atoms with Gasteiger partial charge in [0.05, 0.1) is 11.5 Å². The van der Waals surface area contributed by atoms with Gasteiger partial charge in [0.1, 0.15) is 0 Å². The van der Waals surface area contributed by atoms with E-state index in [2.05, 4.69) is 21.2 Å². The van der Waals surface area contributed by atoms with Gasteiger partial charge in [-0.15, -0.1) is 0 Å². The number of carbonyl (C=O) groups excluding carboxylic acids is 1. The van der Waals surface area contributed by atoms with Gasteiger partial charge in [-0.1, -0.05) is 41.4 Å². The van der Waals surface area contributed by atoms with E-state index in [1.54, 1.807) is 0 Å². The highest BCUT2D eigenvalue weighted by Gasteiger charge is 2.51. The van der Waals surface area contributed by atoms with Crippen molar-refractivity contribution in [3.05, 3.63) is 34.3 Å². The normalized spacial score (nSPS) is 17.8. The summed E-state index contributed by atoms with van der Waals surface area (Å²) in [5.41, 5.74) is 0.713. The fourth-order valence-electron chi connectivity index (χ4n) is 2.36. The van der Waals surface area contributed by atoms with Gasteiger partial charge < -0.3 is 10.4 Å². The molecule has 1 atom stereocenters. The second-order valence-corrected chi connectivity index (χ2v) is 6.16. The van der Waals surface area contributed by atoms with E-state index in [0.29, 0.717) is 6.54 Å². The number of hydrogen-bond acceptors (Lipinski definition) is 2. The van der Waals surface area contributed by atoms with Crippen LogP contribution >= 0.6 is 15.9 Å². The third-order valence-electron chi connectivity index (χ3n) is 3.70. The number of aliphatic hydroxyl groups is 1. The number of amides is 1. The van der Waals surface area contributed by atoms with E-state index in [1.165, 1.54) is 0 Å². The number of carbonyl (C=O) groups is 1. The van der Waals surface area contributed by atoms with Gasteiger partial charge in [-0.05, 0) is 37.0 Å². The van der Waals surface area contributed by atoms with Crippen molar-refractivity contribution in [2.24, 2.45) is 0 Å². The summed E-state index contributed by atoms with van der Waals surface area (Å²) in [7, 11) is 0. The van der Waals surface area contributed by atoms with Crippen molar-refractivity contribution in [1.82, 2.24) is 5.32 Å². The van der Waals surface area contributed by atoms with E-state index in [4.69, 9.17) is 0 Å². The highest BCUT2D eigenvalue weighted by atomic mass is 79.9. The lowest BCUT2D eigenvalue weighted by molar-refractivity contribution is -0.124. The molecule has 1 fully saturated rings. The molecular formula is C15H20BrNO2. The molecule has 1 unspecified atom stereocenters. The first-order chi connectivity index (χ1) is 9.08. The highest BCUT2D eigenvalue weighted by molar-refractivity contribution is 9.10. The first-order valence-corrected chi connectivity index (χ1v) is 7.60. The maximum absolute atomic E-state index is 12.3. The monoisotopic (exact) mass is 325 g/mol. The predicted molar refractivity (Wildman–Crippen MR) is 79.0 cm³/mol. The molecular weight excluding hydrogens is 306 g/mol. The quantitative estimate of drug-likeness (QED) is 0.844. The summed E-state index contributed by atoms with van der Waals surface area (Å²) in [6, 6.07) is 7.93. The molecule has 1 aliphatic carbocycles. The van der Waals surface area contributed by atoms with Crippen LogP contribution in [0, 0.1) is 0 Å². The fraction of sp³-hybridized carbons (Fsp3) is 0.533. The molecule has 1 aliphatic rings. The smallest absolute Gasteiger partial charge is 0.230 e. The third-order valence-corrected chi connectivity index (χ3v) is 4.23. The summed E-state index contributed by atoms with van der Waals surface area (Å²) in [5, 5.41) is 12.6. The summed E-state index contributed by atoms with van der Waals surface area (Å²) >= 11 is 3.40. The standard InChI is InChI=1S/C15H20BrNO2/c1-2-3-13(18)10-17-14(19)15(8-9-15)11-4-6-12(16)7-5-11/h4-7,13,18H,2-3,8-10H2,1H3,(H,17,19). The zero-order chi connectivity index (χ0) is 13.9. The Bertz CT molecular complexity index is 440. The molecule has 0 aromatic heterocycles. The lowest BCUT2D eigenvalue weighted by Crippen LogP contribution is -2.39. The third kappa shape index (κ3) is 3.37. The van der Waals surface area contributed by atoms with Gasteiger partial charge in [0, 0.05) is 11.0 Å². The molecule has 0 heterocycles. The lowest BCUT2D eigenvalue weighted by atomic mass is 9.95. The van der Waals surface area contributed by atoms with Crippen LogP contribution in [0.25, 0.3) is 0 Å². The van der Waals surface area contributed by atoms with Gasteiger partial charge in [-0.2, -0.15) is 0 Å². The minimum Gasteiger partial charge on any atom is -0.391 e. The Morgan fingerprint density at radius 2 is 2.05 bits per heavy atom. The second kappa shape index (κ2) is 6.06. The molecule has 2 rings (SSSR count). The maximum Gasteiger partial charge on any atom is 0.230 e.